The molecule has 1 rings (SSSR count). The highest BCUT2D eigenvalue weighted by molar-refractivity contribution is 6.17. The second kappa shape index (κ2) is 8.25. The number of para-hydroxylation sites is 2. The van der Waals surface area contributed by atoms with Crippen LogP contribution in [0.25, 0.3) is 0 Å². The van der Waals surface area contributed by atoms with E-state index >= 15 is 0 Å². The van der Waals surface area contributed by atoms with Crippen LogP contribution in [0.5, 0.6) is 11.5 Å². The highest BCUT2D eigenvalue weighted by atomic mass is 35.5. The lowest BCUT2D eigenvalue weighted by atomic mass is 10.3. The maximum atomic E-state index is 5.59. The molecule has 0 spiro atoms. The van der Waals surface area contributed by atoms with Gasteiger partial charge in [0.1, 0.15) is 6.61 Å². The van der Waals surface area contributed by atoms with Crippen LogP contribution in [-0.4, -0.2) is 32.7 Å². The minimum absolute atomic E-state index is 0.628. The van der Waals surface area contributed by atoms with Crippen LogP contribution in [0.15, 0.2) is 24.3 Å². The van der Waals surface area contributed by atoms with Crippen molar-refractivity contribution in [1.29, 1.82) is 0 Å². The molecule has 0 aromatic heterocycles. The third kappa shape index (κ3) is 4.73. The zero-order valence-corrected chi connectivity index (χ0v) is 10.3. The van der Waals surface area contributed by atoms with Crippen LogP contribution < -0.4 is 14.8 Å². The molecule has 0 aliphatic heterocycles. The van der Waals surface area contributed by atoms with Gasteiger partial charge in [-0.05, 0) is 25.1 Å². The van der Waals surface area contributed by atoms with E-state index in [0.717, 1.165) is 31.0 Å². The highest BCUT2D eigenvalue weighted by Crippen LogP contribution is 2.25. The largest absolute Gasteiger partial charge is 0.493 e. The number of methoxy groups -OCH3 is 1. The molecule has 0 aliphatic rings. The van der Waals surface area contributed by atoms with Crippen molar-refractivity contribution in [3.8, 4) is 11.5 Å². The number of rotatable bonds is 8. The molecule has 0 bridgehead atoms. The molecule has 0 radical (unpaired) electrons. The van der Waals surface area contributed by atoms with Gasteiger partial charge in [0.05, 0.1) is 7.11 Å². The second-order valence-corrected chi connectivity index (χ2v) is 3.67. The summed E-state index contributed by atoms with van der Waals surface area (Å²) in [6, 6.07) is 7.64. The fraction of sp³-hybridized carbons (Fsp3) is 0.500. The van der Waals surface area contributed by atoms with Crippen molar-refractivity contribution in [2.24, 2.45) is 0 Å². The monoisotopic (exact) mass is 243 g/mol. The predicted octanol–water partition coefficient (Wildman–Crippen LogP) is 2.29. The molecule has 16 heavy (non-hydrogen) atoms. The van der Waals surface area contributed by atoms with Gasteiger partial charge < -0.3 is 14.8 Å². The number of nitrogens with one attached hydrogen (secondary N) is 1. The first-order valence-corrected chi connectivity index (χ1v) is 5.94. The van der Waals surface area contributed by atoms with Crippen LogP contribution in [0, 0.1) is 0 Å². The lowest BCUT2D eigenvalue weighted by Gasteiger charge is -2.10. The summed E-state index contributed by atoms with van der Waals surface area (Å²) >= 11 is 5.56. The first-order valence-electron chi connectivity index (χ1n) is 5.41. The van der Waals surface area contributed by atoms with Gasteiger partial charge in [0, 0.05) is 12.4 Å². The minimum Gasteiger partial charge on any atom is -0.493 e. The molecule has 0 heterocycles. The molecule has 0 amide bonds. The Labute approximate surface area is 102 Å². The van der Waals surface area contributed by atoms with Crippen molar-refractivity contribution < 1.29 is 9.47 Å². The van der Waals surface area contributed by atoms with Crippen LogP contribution in [0.1, 0.15) is 6.42 Å². The number of alkyl halides is 1. The lowest BCUT2D eigenvalue weighted by molar-refractivity contribution is 0.292. The lowest BCUT2D eigenvalue weighted by Crippen LogP contribution is -2.22. The Morgan fingerprint density at radius 2 is 1.94 bits per heavy atom. The minimum atomic E-state index is 0.628. The van der Waals surface area contributed by atoms with Gasteiger partial charge in [-0.3, -0.25) is 0 Å². The van der Waals surface area contributed by atoms with Gasteiger partial charge in [-0.25, -0.2) is 0 Å². The van der Waals surface area contributed by atoms with Gasteiger partial charge >= 0.3 is 0 Å². The van der Waals surface area contributed by atoms with E-state index in [1.165, 1.54) is 0 Å². The molecule has 0 saturated heterocycles. The normalized spacial score (nSPS) is 10.1. The van der Waals surface area contributed by atoms with E-state index in [1.807, 2.05) is 24.3 Å². The van der Waals surface area contributed by atoms with Crippen LogP contribution in [0.4, 0.5) is 0 Å². The molecular weight excluding hydrogens is 226 g/mol. The summed E-state index contributed by atoms with van der Waals surface area (Å²) in [6.45, 7) is 2.37. The number of benzene rings is 1. The summed E-state index contributed by atoms with van der Waals surface area (Å²) in [4.78, 5) is 0. The molecule has 1 N–H and O–H groups in total. The summed E-state index contributed by atoms with van der Waals surface area (Å²) in [5.41, 5.74) is 0. The summed E-state index contributed by atoms with van der Waals surface area (Å²) < 4.78 is 10.8. The van der Waals surface area contributed by atoms with E-state index in [4.69, 9.17) is 21.1 Å². The Balaban J connectivity index is 2.21. The van der Waals surface area contributed by atoms with Crippen molar-refractivity contribution >= 4 is 11.6 Å². The van der Waals surface area contributed by atoms with E-state index in [1.54, 1.807) is 7.11 Å². The summed E-state index contributed by atoms with van der Waals surface area (Å²) in [6.07, 6.45) is 0.982. The SMILES string of the molecule is COc1ccccc1OCCNCCCCl. The molecule has 0 fully saturated rings. The van der Waals surface area contributed by atoms with Gasteiger partial charge in [-0.1, -0.05) is 12.1 Å². The van der Waals surface area contributed by atoms with E-state index in [-0.39, 0.29) is 0 Å². The summed E-state index contributed by atoms with van der Waals surface area (Å²) in [5, 5.41) is 3.24. The first-order chi connectivity index (χ1) is 7.88. The number of hydrogen-bond acceptors (Lipinski definition) is 3. The summed E-state index contributed by atoms with van der Waals surface area (Å²) in [5.74, 6) is 2.24. The van der Waals surface area contributed by atoms with Crippen LogP contribution in [0.3, 0.4) is 0 Å². The molecular formula is C12H18ClNO2. The Bertz CT molecular complexity index is 294. The topological polar surface area (TPSA) is 30.5 Å². The van der Waals surface area contributed by atoms with E-state index in [9.17, 15) is 0 Å². The molecule has 0 saturated carbocycles. The Morgan fingerprint density at radius 3 is 2.62 bits per heavy atom. The molecule has 90 valence electrons. The van der Waals surface area contributed by atoms with Crippen molar-refractivity contribution in [3.63, 3.8) is 0 Å². The van der Waals surface area contributed by atoms with Crippen molar-refractivity contribution in [3.05, 3.63) is 24.3 Å². The highest BCUT2D eigenvalue weighted by Gasteiger charge is 2.01. The zero-order chi connectivity index (χ0) is 11.6. The van der Waals surface area contributed by atoms with Crippen molar-refractivity contribution in [2.45, 2.75) is 6.42 Å². The Hall–Kier alpha value is -0.930. The Morgan fingerprint density at radius 1 is 1.19 bits per heavy atom. The number of ether oxygens (including phenoxy) is 2. The molecule has 3 nitrogen and oxygen atoms in total. The Kier molecular flexibility index (Phi) is 6.77. The van der Waals surface area contributed by atoms with Crippen LogP contribution in [-0.2, 0) is 0 Å². The predicted molar refractivity (Wildman–Crippen MR) is 66.7 cm³/mol. The first kappa shape index (κ1) is 13.1. The van der Waals surface area contributed by atoms with Gasteiger partial charge in [-0.15, -0.1) is 11.6 Å². The van der Waals surface area contributed by atoms with Crippen LogP contribution >= 0.6 is 11.6 Å². The molecule has 1 aromatic carbocycles. The average Bonchev–Trinajstić information content (AvgIpc) is 2.34. The zero-order valence-electron chi connectivity index (χ0n) is 9.54. The maximum absolute atomic E-state index is 5.59. The van der Waals surface area contributed by atoms with Crippen molar-refractivity contribution in [2.75, 3.05) is 32.7 Å². The number of hydrogen-bond donors (Lipinski definition) is 1. The van der Waals surface area contributed by atoms with Gasteiger partial charge in [-0.2, -0.15) is 0 Å². The van der Waals surface area contributed by atoms with Gasteiger partial charge in [0.25, 0.3) is 0 Å². The molecule has 1 aromatic rings. The van der Waals surface area contributed by atoms with Crippen molar-refractivity contribution in [1.82, 2.24) is 5.32 Å². The summed E-state index contributed by atoms with van der Waals surface area (Å²) in [7, 11) is 1.64. The molecule has 4 heteroatoms. The van der Waals surface area contributed by atoms with E-state index < -0.39 is 0 Å². The smallest absolute Gasteiger partial charge is 0.161 e. The molecule has 0 aliphatic carbocycles. The fourth-order valence-electron chi connectivity index (χ4n) is 1.29. The van der Waals surface area contributed by atoms with Gasteiger partial charge in [0.2, 0.25) is 0 Å². The van der Waals surface area contributed by atoms with E-state index in [0.29, 0.717) is 12.5 Å². The third-order valence-electron chi connectivity index (χ3n) is 2.09. The molecule has 0 atom stereocenters. The van der Waals surface area contributed by atoms with Gasteiger partial charge in [0.15, 0.2) is 11.5 Å². The van der Waals surface area contributed by atoms with E-state index in [2.05, 4.69) is 5.32 Å². The average molecular weight is 244 g/mol. The quantitative estimate of drug-likeness (QED) is 0.561. The number of halogens is 1. The second-order valence-electron chi connectivity index (χ2n) is 3.29. The third-order valence-corrected chi connectivity index (χ3v) is 2.36. The fourth-order valence-corrected chi connectivity index (χ4v) is 1.42. The van der Waals surface area contributed by atoms with Crippen LogP contribution in [0.2, 0.25) is 0 Å². The molecule has 0 unspecified atom stereocenters. The maximum Gasteiger partial charge on any atom is 0.161 e. The standard InChI is InChI=1S/C12H18ClNO2/c1-15-11-5-2-3-6-12(11)16-10-9-14-8-4-7-13/h2-3,5-6,14H,4,7-10H2,1H3.